The van der Waals surface area contributed by atoms with Crippen LogP contribution in [0.5, 0.6) is 0 Å². The molecule has 0 aliphatic carbocycles. The van der Waals surface area contributed by atoms with Gasteiger partial charge in [-0.3, -0.25) is 4.98 Å². The average molecular weight is 678 g/mol. The number of rotatable bonds is 6. The molecule has 0 saturated heterocycles. The molecule has 0 N–H and O–H groups in total. The molecule has 0 amide bonds. The van der Waals surface area contributed by atoms with Gasteiger partial charge in [0, 0.05) is 50.3 Å². The van der Waals surface area contributed by atoms with Crippen molar-refractivity contribution < 1.29 is 0 Å². The highest BCUT2D eigenvalue weighted by Crippen LogP contribution is 2.37. The molecule has 0 fully saturated rings. The molecule has 5 heteroatoms. The van der Waals surface area contributed by atoms with E-state index in [0.29, 0.717) is 17.5 Å². The third-order valence-corrected chi connectivity index (χ3v) is 9.88. The van der Waals surface area contributed by atoms with Gasteiger partial charge in [0.1, 0.15) is 0 Å². The highest BCUT2D eigenvalue weighted by atomic mass is 15.0. The molecule has 7 aromatic carbocycles. The quantitative estimate of drug-likeness (QED) is 0.176. The van der Waals surface area contributed by atoms with E-state index in [1.807, 2.05) is 48.7 Å². The van der Waals surface area contributed by atoms with Gasteiger partial charge in [-0.15, -0.1) is 0 Å². The highest BCUT2D eigenvalue weighted by molar-refractivity contribution is 6.09. The molecule has 0 aliphatic heterocycles. The second-order valence-electron chi connectivity index (χ2n) is 13.1. The van der Waals surface area contributed by atoms with Crippen molar-refractivity contribution in [2.45, 2.75) is 0 Å². The summed E-state index contributed by atoms with van der Waals surface area (Å²) in [7, 11) is 0. The fourth-order valence-corrected chi connectivity index (χ4v) is 7.36. The molecule has 0 bridgehead atoms. The van der Waals surface area contributed by atoms with Gasteiger partial charge in [-0.05, 0) is 53.1 Å². The number of hydrogen-bond acceptors (Lipinski definition) is 4. The summed E-state index contributed by atoms with van der Waals surface area (Å²) < 4.78 is 2.35. The monoisotopic (exact) mass is 677 g/mol. The highest BCUT2D eigenvalue weighted by Gasteiger charge is 2.18. The fourth-order valence-electron chi connectivity index (χ4n) is 7.36. The zero-order valence-electron chi connectivity index (χ0n) is 28.6. The van der Waals surface area contributed by atoms with Crippen LogP contribution in [0.2, 0.25) is 0 Å². The van der Waals surface area contributed by atoms with E-state index in [2.05, 4.69) is 144 Å². The second-order valence-corrected chi connectivity index (χ2v) is 13.1. The summed E-state index contributed by atoms with van der Waals surface area (Å²) >= 11 is 0. The van der Waals surface area contributed by atoms with Gasteiger partial charge in [-0.25, -0.2) is 15.0 Å². The molecule has 10 rings (SSSR count). The average Bonchev–Trinajstić information content (AvgIpc) is 3.58. The number of fused-ring (bicyclic) bond motifs is 4. The largest absolute Gasteiger partial charge is 0.309 e. The minimum Gasteiger partial charge on any atom is -0.309 e. The Morgan fingerprint density at radius 2 is 0.868 bits per heavy atom. The number of nitrogens with zero attached hydrogens (tertiary/aromatic N) is 5. The lowest BCUT2D eigenvalue weighted by atomic mass is 9.98. The lowest BCUT2D eigenvalue weighted by Gasteiger charge is -2.15. The van der Waals surface area contributed by atoms with Gasteiger partial charge in [0.15, 0.2) is 17.5 Å². The first-order chi connectivity index (χ1) is 26.3. The molecular weight excluding hydrogens is 647 g/mol. The molecule has 0 radical (unpaired) electrons. The van der Waals surface area contributed by atoms with Crippen molar-refractivity contribution in [3.8, 4) is 62.1 Å². The second kappa shape index (κ2) is 12.8. The molecule has 0 atom stereocenters. The number of benzene rings is 7. The summed E-state index contributed by atoms with van der Waals surface area (Å²) in [5.41, 5.74) is 11.3. The van der Waals surface area contributed by atoms with Crippen LogP contribution in [-0.2, 0) is 0 Å². The molecule has 248 valence electrons. The van der Waals surface area contributed by atoms with Gasteiger partial charge < -0.3 is 4.57 Å². The number of pyridine rings is 1. The SMILES string of the molecule is c1ccc(-c2ccc(-c3nc(-c4ccccc4)nc(-c4cc(-c5cccc6cccnc56)cc(-n5c6ccccc6c6ccccc65)c4)n3)cc2)cc1. The Bertz CT molecular complexity index is 2870. The summed E-state index contributed by atoms with van der Waals surface area (Å²) in [5.74, 6) is 1.83. The molecule has 5 nitrogen and oxygen atoms in total. The summed E-state index contributed by atoms with van der Waals surface area (Å²) in [6.07, 6.45) is 1.86. The van der Waals surface area contributed by atoms with Crippen LogP contribution in [0.15, 0.2) is 188 Å². The van der Waals surface area contributed by atoms with E-state index in [9.17, 15) is 0 Å². The Labute approximate surface area is 306 Å². The lowest BCUT2D eigenvalue weighted by molar-refractivity contribution is 1.07. The van der Waals surface area contributed by atoms with Crippen LogP contribution >= 0.6 is 0 Å². The maximum absolute atomic E-state index is 5.20. The van der Waals surface area contributed by atoms with E-state index in [1.165, 1.54) is 10.8 Å². The van der Waals surface area contributed by atoms with Crippen molar-refractivity contribution in [2.75, 3.05) is 0 Å². The van der Waals surface area contributed by atoms with Gasteiger partial charge in [-0.1, -0.05) is 146 Å². The van der Waals surface area contributed by atoms with E-state index < -0.39 is 0 Å². The Balaban J connectivity index is 1.22. The molecule has 53 heavy (non-hydrogen) atoms. The van der Waals surface area contributed by atoms with Crippen molar-refractivity contribution in [1.82, 2.24) is 24.5 Å². The molecule has 0 spiro atoms. The van der Waals surface area contributed by atoms with Gasteiger partial charge in [0.05, 0.1) is 16.6 Å². The zero-order valence-corrected chi connectivity index (χ0v) is 28.6. The maximum atomic E-state index is 5.20. The minimum atomic E-state index is 0.595. The minimum absolute atomic E-state index is 0.595. The van der Waals surface area contributed by atoms with Gasteiger partial charge in [-0.2, -0.15) is 0 Å². The van der Waals surface area contributed by atoms with Crippen LogP contribution in [0.1, 0.15) is 0 Å². The van der Waals surface area contributed by atoms with Crippen LogP contribution in [-0.4, -0.2) is 24.5 Å². The Kier molecular flexibility index (Phi) is 7.40. The molecule has 3 heterocycles. The smallest absolute Gasteiger partial charge is 0.164 e. The Hall–Kier alpha value is -7.24. The van der Waals surface area contributed by atoms with E-state index in [-0.39, 0.29) is 0 Å². The van der Waals surface area contributed by atoms with Gasteiger partial charge in [0.25, 0.3) is 0 Å². The molecule has 3 aromatic heterocycles. The number of para-hydroxylation sites is 3. The normalized spacial score (nSPS) is 11.4. The van der Waals surface area contributed by atoms with Crippen LogP contribution in [0.4, 0.5) is 0 Å². The molecule has 0 saturated carbocycles. The molecule has 10 aromatic rings. The van der Waals surface area contributed by atoms with E-state index in [4.69, 9.17) is 19.9 Å². The van der Waals surface area contributed by atoms with Crippen molar-refractivity contribution >= 4 is 32.7 Å². The summed E-state index contributed by atoms with van der Waals surface area (Å²) in [6.45, 7) is 0. The molecule has 0 aliphatic rings. The summed E-state index contributed by atoms with van der Waals surface area (Å²) in [6, 6.07) is 63.2. The molecular formula is C48H31N5. The van der Waals surface area contributed by atoms with Crippen molar-refractivity contribution in [3.05, 3.63) is 188 Å². The predicted octanol–water partition coefficient (Wildman–Crippen LogP) is 11.9. The van der Waals surface area contributed by atoms with E-state index >= 15 is 0 Å². The Morgan fingerprint density at radius 1 is 0.358 bits per heavy atom. The van der Waals surface area contributed by atoms with Crippen molar-refractivity contribution in [2.24, 2.45) is 0 Å². The van der Waals surface area contributed by atoms with Crippen LogP contribution in [0.3, 0.4) is 0 Å². The first-order valence-electron chi connectivity index (χ1n) is 17.7. The summed E-state index contributed by atoms with van der Waals surface area (Å²) in [5, 5.41) is 3.49. The lowest BCUT2D eigenvalue weighted by Crippen LogP contribution is -2.02. The topological polar surface area (TPSA) is 56.5 Å². The van der Waals surface area contributed by atoms with E-state index in [0.717, 1.165) is 66.6 Å². The summed E-state index contributed by atoms with van der Waals surface area (Å²) in [4.78, 5) is 20.2. The zero-order chi connectivity index (χ0) is 35.1. The van der Waals surface area contributed by atoms with Crippen LogP contribution in [0, 0.1) is 0 Å². The molecule has 0 unspecified atom stereocenters. The van der Waals surface area contributed by atoms with Gasteiger partial charge in [0.2, 0.25) is 0 Å². The van der Waals surface area contributed by atoms with E-state index in [1.54, 1.807) is 0 Å². The predicted molar refractivity (Wildman–Crippen MR) is 217 cm³/mol. The third-order valence-electron chi connectivity index (χ3n) is 9.88. The fraction of sp³-hybridized carbons (Fsp3) is 0. The Morgan fingerprint density at radius 3 is 1.55 bits per heavy atom. The maximum Gasteiger partial charge on any atom is 0.164 e. The van der Waals surface area contributed by atoms with Crippen LogP contribution < -0.4 is 0 Å². The first kappa shape index (κ1) is 30.6. The standard InChI is InChI=1S/C48H31N5/c1-3-13-32(14-4-1)33-24-26-36(27-25-33)47-50-46(35-15-5-2-6-16-35)51-48(52-47)38-29-37(40-21-11-17-34-18-12-28-49-45(34)40)30-39(31-38)53-43-22-9-7-19-41(43)42-20-8-10-23-44(42)53/h1-31H. The van der Waals surface area contributed by atoms with Crippen molar-refractivity contribution in [1.29, 1.82) is 0 Å². The number of hydrogen-bond donors (Lipinski definition) is 0. The first-order valence-corrected chi connectivity index (χ1v) is 17.7. The third kappa shape index (κ3) is 5.52. The van der Waals surface area contributed by atoms with Gasteiger partial charge >= 0.3 is 0 Å². The van der Waals surface area contributed by atoms with Crippen LogP contribution in [0.25, 0.3) is 94.8 Å². The number of aromatic nitrogens is 5. The van der Waals surface area contributed by atoms with Crippen molar-refractivity contribution in [3.63, 3.8) is 0 Å².